The third kappa shape index (κ3) is 5.34. The lowest BCUT2D eigenvalue weighted by Crippen LogP contribution is -2.47. The van der Waals surface area contributed by atoms with E-state index in [1.165, 1.54) is 16.8 Å². The van der Waals surface area contributed by atoms with Crippen molar-refractivity contribution in [2.75, 3.05) is 37.5 Å². The van der Waals surface area contributed by atoms with Crippen molar-refractivity contribution in [2.45, 2.75) is 38.1 Å². The molecule has 2 aliphatic rings. The minimum absolute atomic E-state index is 0.0778. The van der Waals surface area contributed by atoms with Crippen LogP contribution in [0.25, 0.3) is 39.1 Å². The van der Waals surface area contributed by atoms with Crippen LogP contribution in [0.4, 0.5) is 16.0 Å². The molecule has 1 fully saturated rings. The molecule has 2 aliphatic heterocycles. The van der Waals surface area contributed by atoms with Crippen LogP contribution in [0.5, 0.6) is 5.75 Å². The van der Waals surface area contributed by atoms with E-state index in [1.807, 2.05) is 36.1 Å². The number of aryl methyl sites for hydroxylation is 1. The van der Waals surface area contributed by atoms with Gasteiger partial charge in [0.1, 0.15) is 46.5 Å². The molecule has 16 heteroatoms. The summed E-state index contributed by atoms with van der Waals surface area (Å²) in [5, 5.41) is 18.9. The number of hydrogen-bond acceptors (Lipinski definition) is 11. The van der Waals surface area contributed by atoms with Gasteiger partial charge in [-0.2, -0.15) is 15.1 Å². The standard InChI is InChI=1S/C33H31ClFN11O3/c1-17-38-23-9-10-36-28-22-5-4-6-27(40-22)39-19-12-25(32(48)43(2)15-20(49-3)16-44(17)29(23)28)45(14-19)30-21-13-37-46(31(21)42-33(34)41-30)24-8-7-18(35)11-26(24)47/h4-11,13,19-20,25,47H,12,14-16H2,1-3H3,(H,39,40)/t19-,20-,25-/m0/s1. The van der Waals surface area contributed by atoms with E-state index in [4.69, 9.17) is 31.3 Å². The first-order chi connectivity index (χ1) is 23.7. The molecule has 49 heavy (non-hydrogen) atoms. The van der Waals surface area contributed by atoms with E-state index in [-0.39, 0.29) is 40.4 Å². The van der Waals surface area contributed by atoms with E-state index in [0.29, 0.717) is 54.5 Å². The van der Waals surface area contributed by atoms with E-state index >= 15 is 0 Å². The number of nitrogens with one attached hydrogen (secondary N) is 1. The number of anilines is 2. The Morgan fingerprint density at radius 1 is 1.08 bits per heavy atom. The first kappa shape index (κ1) is 30.9. The number of benzene rings is 1. The van der Waals surface area contributed by atoms with Crippen LogP contribution in [0.2, 0.25) is 5.28 Å². The van der Waals surface area contributed by atoms with Crippen molar-refractivity contribution in [3.63, 3.8) is 0 Å². The molecular formula is C33H31ClFN11O3. The highest BCUT2D eigenvalue weighted by Crippen LogP contribution is 2.35. The maximum atomic E-state index is 14.4. The number of rotatable bonds is 3. The van der Waals surface area contributed by atoms with Gasteiger partial charge in [-0.05, 0) is 55.3 Å². The molecule has 0 radical (unpaired) electrons. The number of halogens is 2. The van der Waals surface area contributed by atoms with E-state index < -0.39 is 11.9 Å². The first-order valence-electron chi connectivity index (χ1n) is 15.7. The van der Waals surface area contributed by atoms with Crippen molar-refractivity contribution in [2.24, 2.45) is 0 Å². The number of phenolic OH excluding ortho intramolecular Hbond substituents is 1. The lowest BCUT2D eigenvalue weighted by atomic mass is 10.1. The number of aromatic nitrogens is 8. The van der Waals surface area contributed by atoms with Gasteiger partial charge in [0, 0.05) is 45.6 Å². The Balaban J connectivity index is 1.23. The van der Waals surface area contributed by atoms with Crippen LogP contribution in [0.3, 0.4) is 0 Å². The number of phenols is 1. The Hall–Kier alpha value is -5.41. The molecule has 0 aliphatic carbocycles. The molecule has 5 aromatic heterocycles. The van der Waals surface area contributed by atoms with Crippen LogP contribution in [-0.2, 0) is 16.1 Å². The fraction of sp³-hybridized carbons (Fsp3) is 0.303. The Morgan fingerprint density at radius 3 is 2.76 bits per heavy atom. The molecule has 0 spiro atoms. The number of aromatic hydroxyl groups is 1. The Morgan fingerprint density at radius 2 is 1.94 bits per heavy atom. The molecule has 4 bridgehead atoms. The number of fused-ring (bicyclic) bond motifs is 6. The summed E-state index contributed by atoms with van der Waals surface area (Å²) in [6.45, 7) is 3.05. The second-order valence-electron chi connectivity index (χ2n) is 12.3. The second kappa shape index (κ2) is 11.9. The van der Waals surface area contributed by atoms with Gasteiger partial charge in [-0.15, -0.1) is 0 Å². The first-order valence-corrected chi connectivity index (χ1v) is 16.1. The summed E-state index contributed by atoms with van der Waals surface area (Å²) in [7, 11) is 3.40. The SMILES string of the molecule is CO[C@H]1CN(C)C(=O)[C@@H]2C[C@@H](CN2c2nc(Cl)nc3c2cnn3-c2ccc(F)cc2O)Nc2cccc(n2)-c2nccc3nc(C)n(c23)C1. The molecule has 1 aromatic carbocycles. The third-order valence-corrected chi connectivity index (χ3v) is 9.34. The number of pyridine rings is 2. The summed E-state index contributed by atoms with van der Waals surface area (Å²) >= 11 is 6.50. The van der Waals surface area contributed by atoms with E-state index in [1.54, 1.807) is 31.5 Å². The molecule has 6 aromatic rings. The van der Waals surface area contributed by atoms with Gasteiger partial charge in [-0.3, -0.25) is 9.78 Å². The van der Waals surface area contributed by atoms with Crippen LogP contribution in [0.15, 0.2) is 54.9 Å². The fourth-order valence-electron chi connectivity index (χ4n) is 6.87. The zero-order chi connectivity index (χ0) is 34.0. The number of carbonyl (C=O) groups excluding carboxylic acids is 1. The van der Waals surface area contributed by atoms with E-state index in [2.05, 4.69) is 25.0 Å². The van der Waals surface area contributed by atoms with Crippen LogP contribution in [0, 0.1) is 12.7 Å². The van der Waals surface area contributed by atoms with Crippen molar-refractivity contribution in [1.82, 2.24) is 44.2 Å². The highest BCUT2D eigenvalue weighted by Gasteiger charge is 2.41. The summed E-state index contributed by atoms with van der Waals surface area (Å²) in [5.74, 6) is 0.775. The average Bonchev–Trinajstić information content (AvgIpc) is 3.78. The predicted molar refractivity (Wildman–Crippen MR) is 180 cm³/mol. The van der Waals surface area contributed by atoms with Gasteiger partial charge in [0.05, 0.1) is 41.0 Å². The summed E-state index contributed by atoms with van der Waals surface area (Å²) < 4.78 is 23.2. The van der Waals surface area contributed by atoms with Crippen LogP contribution in [-0.4, -0.2) is 101 Å². The lowest BCUT2D eigenvalue weighted by molar-refractivity contribution is -0.132. The van der Waals surface area contributed by atoms with Gasteiger partial charge in [-0.1, -0.05) is 6.07 Å². The quantitative estimate of drug-likeness (QED) is 0.261. The van der Waals surface area contributed by atoms with Gasteiger partial charge in [-0.25, -0.2) is 19.0 Å². The van der Waals surface area contributed by atoms with Crippen molar-refractivity contribution in [1.29, 1.82) is 0 Å². The molecule has 3 atom stereocenters. The number of ether oxygens (including phenoxy) is 1. The van der Waals surface area contributed by atoms with E-state index in [0.717, 1.165) is 22.9 Å². The summed E-state index contributed by atoms with van der Waals surface area (Å²) in [6, 6.07) is 10.4. The monoisotopic (exact) mass is 683 g/mol. The van der Waals surface area contributed by atoms with Crippen molar-refractivity contribution < 1.29 is 19.0 Å². The zero-order valence-electron chi connectivity index (χ0n) is 26.7. The van der Waals surface area contributed by atoms with Crippen LogP contribution < -0.4 is 10.2 Å². The largest absolute Gasteiger partial charge is 0.506 e. The summed E-state index contributed by atoms with van der Waals surface area (Å²) in [6.07, 6.45) is 3.34. The molecule has 7 heterocycles. The molecule has 0 unspecified atom stereocenters. The molecular weight excluding hydrogens is 653 g/mol. The molecule has 1 amide bonds. The van der Waals surface area contributed by atoms with E-state index in [9.17, 15) is 14.3 Å². The molecule has 250 valence electrons. The Kier molecular flexibility index (Phi) is 7.52. The average molecular weight is 684 g/mol. The van der Waals surface area contributed by atoms with Gasteiger partial charge in [0.25, 0.3) is 0 Å². The van der Waals surface area contributed by atoms with Crippen molar-refractivity contribution in [3.8, 4) is 22.8 Å². The molecule has 8 rings (SSSR count). The molecule has 1 saturated heterocycles. The fourth-order valence-corrected chi connectivity index (χ4v) is 7.03. The number of likely N-dealkylation sites (N-methyl/N-ethyl adjacent to an activating group) is 1. The minimum Gasteiger partial charge on any atom is -0.506 e. The smallest absolute Gasteiger partial charge is 0.245 e. The summed E-state index contributed by atoms with van der Waals surface area (Å²) in [5.41, 5.74) is 3.53. The zero-order valence-corrected chi connectivity index (χ0v) is 27.5. The van der Waals surface area contributed by atoms with Gasteiger partial charge < -0.3 is 29.5 Å². The minimum atomic E-state index is -0.648. The number of nitrogens with zero attached hydrogens (tertiary/aromatic N) is 10. The second-order valence-corrected chi connectivity index (χ2v) is 12.6. The highest BCUT2D eigenvalue weighted by atomic mass is 35.5. The molecule has 14 nitrogen and oxygen atoms in total. The number of imidazole rings is 1. The topological polar surface area (TPSA) is 152 Å². The Labute approximate surface area is 284 Å². The van der Waals surface area contributed by atoms with Crippen molar-refractivity contribution in [3.05, 3.63) is 71.8 Å². The number of amides is 1. The van der Waals surface area contributed by atoms with Gasteiger partial charge in [0.2, 0.25) is 11.2 Å². The van der Waals surface area contributed by atoms with Gasteiger partial charge in [0.15, 0.2) is 5.65 Å². The summed E-state index contributed by atoms with van der Waals surface area (Å²) in [4.78, 5) is 41.4. The van der Waals surface area contributed by atoms with Gasteiger partial charge >= 0.3 is 0 Å². The molecule has 2 N–H and O–H groups in total. The highest BCUT2D eigenvalue weighted by molar-refractivity contribution is 6.28. The number of hydrogen-bond donors (Lipinski definition) is 2. The molecule has 0 saturated carbocycles. The third-order valence-electron chi connectivity index (χ3n) is 9.17. The predicted octanol–water partition coefficient (Wildman–Crippen LogP) is 3.98. The maximum Gasteiger partial charge on any atom is 0.245 e. The van der Waals surface area contributed by atoms with Crippen LogP contribution in [0.1, 0.15) is 12.2 Å². The Bertz CT molecular complexity index is 2260. The number of methoxy groups -OCH3 is 1. The normalized spacial score (nSPS) is 19.7. The lowest BCUT2D eigenvalue weighted by Gasteiger charge is -2.31. The maximum absolute atomic E-state index is 14.4. The van der Waals surface area contributed by atoms with Crippen LogP contribution >= 0.6 is 11.6 Å². The van der Waals surface area contributed by atoms with Crippen molar-refractivity contribution >= 4 is 51.2 Å². The number of carbonyl (C=O) groups is 1.